The first kappa shape index (κ1) is 12.5. The molecule has 0 N–H and O–H groups in total. The minimum atomic E-state index is -0.432. The van der Waals surface area contributed by atoms with Crippen molar-refractivity contribution >= 4 is 0 Å². The highest BCUT2D eigenvalue weighted by atomic mass is 16.7. The van der Waals surface area contributed by atoms with Gasteiger partial charge in [-0.2, -0.15) is 0 Å². The van der Waals surface area contributed by atoms with Crippen LogP contribution in [0.25, 0.3) is 0 Å². The van der Waals surface area contributed by atoms with Crippen LogP contribution in [0.2, 0.25) is 0 Å². The second-order valence-electron chi connectivity index (χ2n) is 4.80. The normalized spacial score (nSPS) is 23.3. The summed E-state index contributed by atoms with van der Waals surface area (Å²) in [6, 6.07) is 0. The van der Waals surface area contributed by atoms with Gasteiger partial charge in [-0.25, -0.2) is 0 Å². The van der Waals surface area contributed by atoms with Gasteiger partial charge in [0.25, 0.3) is 0 Å². The van der Waals surface area contributed by atoms with Crippen LogP contribution in [0, 0.1) is 5.41 Å². The van der Waals surface area contributed by atoms with Gasteiger partial charge >= 0.3 is 0 Å². The van der Waals surface area contributed by atoms with Crippen molar-refractivity contribution in [2.45, 2.75) is 38.9 Å². The molecule has 0 saturated carbocycles. The van der Waals surface area contributed by atoms with Crippen LogP contribution in [0.1, 0.15) is 33.1 Å². The Labute approximate surface area is 93.0 Å². The quantitative estimate of drug-likeness (QED) is 0.648. The molecule has 1 rings (SSSR count). The summed E-state index contributed by atoms with van der Waals surface area (Å²) in [5, 5.41) is 0. The fraction of sp³-hybridized carbons (Fsp3) is 0.692. The van der Waals surface area contributed by atoms with Gasteiger partial charge in [0.05, 0.1) is 13.2 Å². The Kier molecular flexibility index (Phi) is 4.12. The van der Waals surface area contributed by atoms with Crippen LogP contribution in [0.4, 0.5) is 0 Å². The molecule has 1 aliphatic rings. The average Bonchev–Trinajstić information content (AvgIpc) is 2.20. The summed E-state index contributed by atoms with van der Waals surface area (Å²) in [4.78, 5) is 0. The third kappa shape index (κ3) is 3.47. The molecule has 2 heteroatoms. The lowest BCUT2D eigenvalue weighted by molar-refractivity contribution is -0.285. The fourth-order valence-electron chi connectivity index (χ4n) is 1.82. The maximum Gasteiger partial charge on any atom is 0.162 e. The molecule has 0 bridgehead atoms. The molecule has 1 heterocycles. The van der Waals surface area contributed by atoms with E-state index in [1.807, 2.05) is 26.0 Å². The first-order chi connectivity index (χ1) is 7.04. The van der Waals surface area contributed by atoms with E-state index >= 15 is 0 Å². The van der Waals surface area contributed by atoms with Gasteiger partial charge in [-0.1, -0.05) is 12.2 Å². The number of rotatable bonds is 5. The van der Waals surface area contributed by atoms with Crippen molar-refractivity contribution in [3.8, 4) is 0 Å². The molecule has 0 aromatic heterocycles. The molecule has 0 spiro atoms. The molecule has 86 valence electrons. The van der Waals surface area contributed by atoms with E-state index in [4.69, 9.17) is 9.47 Å². The van der Waals surface area contributed by atoms with Gasteiger partial charge < -0.3 is 9.47 Å². The topological polar surface area (TPSA) is 18.5 Å². The van der Waals surface area contributed by atoms with E-state index in [0.29, 0.717) is 0 Å². The van der Waals surface area contributed by atoms with Crippen LogP contribution < -0.4 is 0 Å². The first-order valence-electron chi connectivity index (χ1n) is 5.53. The molecule has 1 saturated heterocycles. The summed E-state index contributed by atoms with van der Waals surface area (Å²) < 4.78 is 11.5. The Bertz CT molecular complexity index is 221. The summed E-state index contributed by atoms with van der Waals surface area (Å²) in [7, 11) is 0. The minimum Gasteiger partial charge on any atom is -0.350 e. The molecule has 0 aromatic carbocycles. The van der Waals surface area contributed by atoms with Crippen LogP contribution in [-0.4, -0.2) is 19.0 Å². The molecule has 2 nitrogen and oxygen atoms in total. The molecule has 1 aliphatic heterocycles. The molecule has 15 heavy (non-hydrogen) atoms. The third-order valence-corrected chi connectivity index (χ3v) is 2.91. The summed E-state index contributed by atoms with van der Waals surface area (Å²) in [6.07, 6.45) is 6.90. The summed E-state index contributed by atoms with van der Waals surface area (Å²) in [5.41, 5.74) is 0.103. The summed E-state index contributed by atoms with van der Waals surface area (Å²) >= 11 is 0. The van der Waals surface area contributed by atoms with E-state index in [-0.39, 0.29) is 5.41 Å². The van der Waals surface area contributed by atoms with Crippen LogP contribution in [0.5, 0.6) is 0 Å². The standard InChI is InChI=1S/C13H22O2/c1-5-7-9-13(8-6-2)10-14-12(3,4)15-11-13/h5-6H,1-2,7-11H2,3-4H3. The van der Waals surface area contributed by atoms with Crippen molar-refractivity contribution in [2.75, 3.05) is 13.2 Å². The van der Waals surface area contributed by atoms with Crippen molar-refractivity contribution in [1.82, 2.24) is 0 Å². The molecular weight excluding hydrogens is 188 g/mol. The molecule has 1 fully saturated rings. The predicted octanol–water partition coefficient (Wildman–Crippen LogP) is 3.30. The second-order valence-corrected chi connectivity index (χ2v) is 4.80. The zero-order valence-corrected chi connectivity index (χ0v) is 9.92. The molecule has 0 atom stereocenters. The number of hydrogen-bond donors (Lipinski definition) is 0. The van der Waals surface area contributed by atoms with E-state index < -0.39 is 5.79 Å². The second kappa shape index (κ2) is 4.95. The number of allylic oxidation sites excluding steroid dienone is 2. The number of ether oxygens (including phenoxy) is 2. The molecular formula is C13H22O2. The fourth-order valence-corrected chi connectivity index (χ4v) is 1.82. The summed E-state index contributed by atoms with van der Waals surface area (Å²) in [5.74, 6) is -0.432. The van der Waals surface area contributed by atoms with Gasteiger partial charge in [0.2, 0.25) is 0 Å². The van der Waals surface area contributed by atoms with Gasteiger partial charge in [0, 0.05) is 5.41 Å². The molecule has 0 aliphatic carbocycles. The lowest BCUT2D eigenvalue weighted by Gasteiger charge is -2.43. The Hall–Kier alpha value is -0.600. The van der Waals surface area contributed by atoms with E-state index in [0.717, 1.165) is 32.5 Å². The lowest BCUT2D eigenvalue weighted by Crippen LogP contribution is -2.46. The molecule has 0 amide bonds. The Morgan fingerprint density at radius 1 is 1.13 bits per heavy atom. The Balaban J connectivity index is 2.59. The van der Waals surface area contributed by atoms with Crippen molar-refractivity contribution in [3.63, 3.8) is 0 Å². The minimum absolute atomic E-state index is 0.103. The maximum absolute atomic E-state index is 5.73. The van der Waals surface area contributed by atoms with Gasteiger partial charge in [-0.3, -0.25) is 0 Å². The third-order valence-electron chi connectivity index (χ3n) is 2.91. The number of hydrogen-bond acceptors (Lipinski definition) is 2. The van der Waals surface area contributed by atoms with Crippen LogP contribution >= 0.6 is 0 Å². The molecule has 0 unspecified atom stereocenters. The lowest BCUT2D eigenvalue weighted by atomic mass is 9.80. The van der Waals surface area contributed by atoms with Crippen molar-refractivity contribution in [2.24, 2.45) is 5.41 Å². The monoisotopic (exact) mass is 210 g/mol. The summed E-state index contributed by atoms with van der Waals surface area (Å²) in [6.45, 7) is 13.0. The van der Waals surface area contributed by atoms with Crippen molar-refractivity contribution in [3.05, 3.63) is 25.3 Å². The van der Waals surface area contributed by atoms with Crippen LogP contribution in [0.15, 0.2) is 25.3 Å². The largest absolute Gasteiger partial charge is 0.350 e. The van der Waals surface area contributed by atoms with Crippen molar-refractivity contribution in [1.29, 1.82) is 0 Å². The molecule has 0 radical (unpaired) electrons. The van der Waals surface area contributed by atoms with Gasteiger partial charge in [-0.15, -0.1) is 13.2 Å². The first-order valence-corrected chi connectivity index (χ1v) is 5.53. The molecule has 0 aromatic rings. The SMILES string of the molecule is C=CCCC1(CC=C)COC(C)(C)OC1. The van der Waals surface area contributed by atoms with E-state index in [2.05, 4.69) is 13.2 Å². The zero-order chi connectivity index (χ0) is 11.4. The van der Waals surface area contributed by atoms with Gasteiger partial charge in [0.15, 0.2) is 5.79 Å². The smallest absolute Gasteiger partial charge is 0.162 e. The van der Waals surface area contributed by atoms with E-state index in [9.17, 15) is 0 Å². The Morgan fingerprint density at radius 3 is 2.20 bits per heavy atom. The van der Waals surface area contributed by atoms with Crippen molar-refractivity contribution < 1.29 is 9.47 Å². The Morgan fingerprint density at radius 2 is 1.73 bits per heavy atom. The van der Waals surface area contributed by atoms with Crippen LogP contribution in [0.3, 0.4) is 0 Å². The highest BCUT2D eigenvalue weighted by molar-refractivity contribution is 4.91. The van der Waals surface area contributed by atoms with Gasteiger partial charge in [-0.05, 0) is 33.1 Å². The highest BCUT2D eigenvalue weighted by Gasteiger charge is 2.38. The zero-order valence-electron chi connectivity index (χ0n) is 9.92. The highest BCUT2D eigenvalue weighted by Crippen LogP contribution is 2.36. The van der Waals surface area contributed by atoms with Gasteiger partial charge in [0.1, 0.15) is 0 Å². The predicted molar refractivity (Wildman–Crippen MR) is 62.7 cm³/mol. The van der Waals surface area contributed by atoms with E-state index in [1.54, 1.807) is 0 Å². The maximum atomic E-state index is 5.73. The van der Waals surface area contributed by atoms with Crippen LogP contribution in [-0.2, 0) is 9.47 Å². The average molecular weight is 210 g/mol. The van der Waals surface area contributed by atoms with E-state index in [1.165, 1.54) is 0 Å².